The van der Waals surface area contributed by atoms with Gasteiger partial charge < -0.3 is 15.4 Å². The summed E-state index contributed by atoms with van der Waals surface area (Å²) in [4.78, 5) is 8.98. The zero-order valence-electron chi connectivity index (χ0n) is 15.6. The van der Waals surface area contributed by atoms with Crippen LogP contribution in [-0.2, 0) is 0 Å². The van der Waals surface area contributed by atoms with Crippen molar-refractivity contribution in [3.05, 3.63) is 66.4 Å². The topological polar surface area (TPSA) is 59.1 Å². The molecule has 0 spiro atoms. The molecule has 3 aromatic rings. The molecule has 0 radical (unpaired) electrons. The number of nitrogens with one attached hydrogen (secondary N) is 2. The first-order valence-electron chi connectivity index (χ1n) is 8.61. The fourth-order valence-corrected chi connectivity index (χ4v) is 2.40. The molecule has 0 aliphatic heterocycles. The Morgan fingerprint density at radius 2 is 1.50 bits per heavy atom. The van der Waals surface area contributed by atoms with Crippen LogP contribution in [0.4, 0.5) is 17.5 Å². The minimum Gasteiger partial charge on any atom is -0.457 e. The van der Waals surface area contributed by atoms with Gasteiger partial charge in [0.2, 0.25) is 5.95 Å². The van der Waals surface area contributed by atoms with E-state index in [0.29, 0.717) is 5.95 Å². The number of rotatable bonds is 5. The van der Waals surface area contributed by atoms with Crippen molar-refractivity contribution >= 4 is 17.5 Å². The number of anilines is 3. The Hall–Kier alpha value is -3.08. The summed E-state index contributed by atoms with van der Waals surface area (Å²) in [5.74, 6) is 2.97. The van der Waals surface area contributed by atoms with E-state index in [0.717, 1.165) is 28.7 Å². The van der Waals surface area contributed by atoms with Crippen LogP contribution in [0.1, 0.15) is 26.5 Å². The third-order valence-electron chi connectivity index (χ3n) is 3.45. The van der Waals surface area contributed by atoms with Crippen LogP contribution in [0.5, 0.6) is 11.5 Å². The van der Waals surface area contributed by atoms with Crippen molar-refractivity contribution in [2.75, 3.05) is 10.6 Å². The Labute approximate surface area is 154 Å². The molecular formula is C21H24N4O. The van der Waals surface area contributed by atoms with Crippen LogP contribution < -0.4 is 15.4 Å². The van der Waals surface area contributed by atoms with Gasteiger partial charge in [0.05, 0.1) is 0 Å². The molecule has 26 heavy (non-hydrogen) atoms. The molecular weight excluding hydrogens is 324 g/mol. The van der Waals surface area contributed by atoms with E-state index in [1.165, 1.54) is 0 Å². The van der Waals surface area contributed by atoms with E-state index < -0.39 is 0 Å². The van der Waals surface area contributed by atoms with Crippen LogP contribution in [0.25, 0.3) is 0 Å². The van der Waals surface area contributed by atoms with Gasteiger partial charge in [0.1, 0.15) is 17.3 Å². The second-order valence-electron chi connectivity index (χ2n) is 7.16. The number of hydrogen-bond donors (Lipinski definition) is 2. The Morgan fingerprint density at radius 1 is 0.846 bits per heavy atom. The molecule has 3 rings (SSSR count). The lowest BCUT2D eigenvalue weighted by atomic mass is 10.1. The monoisotopic (exact) mass is 348 g/mol. The first kappa shape index (κ1) is 17.7. The standard InChI is InChI=1S/C21H24N4O/c1-15-14-19(24-20(22-15)25-21(2,3)4)23-16-10-12-18(13-11-16)26-17-8-6-5-7-9-17/h5-14H,1-4H3,(H2,22,23,24,25). The van der Waals surface area contributed by atoms with E-state index in [-0.39, 0.29) is 5.54 Å². The van der Waals surface area contributed by atoms with Gasteiger partial charge >= 0.3 is 0 Å². The van der Waals surface area contributed by atoms with Crippen LogP contribution in [0.15, 0.2) is 60.7 Å². The summed E-state index contributed by atoms with van der Waals surface area (Å²) < 4.78 is 5.81. The highest BCUT2D eigenvalue weighted by Crippen LogP contribution is 2.24. The van der Waals surface area contributed by atoms with Gasteiger partial charge in [-0.25, -0.2) is 4.98 Å². The fraction of sp³-hybridized carbons (Fsp3) is 0.238. The molecule has 5 heteroatoms. The molecule has 0 unspecified atom stereocenters. The molecule has 0 fully saturated rings. The summed E-state index contributed by atoms with van der Waals surface area (Å²) in [5.41, 5.74) is 1.74. The van der Waals surface area contributed by atoms with Gasteiger partial charge in [-0.05, 0) is 64.1 Å². The van der Waals surface area contributed by atoms with Crippen molar-refractivity contribution in [1.29, 1.82) is 0 Å². The average molecular weight is 348 g/mol. The average Bonchev–Trinajstić information content (AvgIpc) is 2.55. The summed E-state index contributed by atoms with van der Waals surface area (Å²) in [5, 5.41) is 6.62. The zero-order chi connectivity index (χ0) is 18.6. The highest BCUT2D eigenvalue weighted by atomic mass is 16.5. The van der Waals surface area contributed by atoms with Crippen molar-refractivity contribution < 1.29 is 4.74 Å². The molecule has 2 N–H and O–H groups in total. The molecule has 134 valence electrons. The first-order chi connectivity index (χ1) is 12.4. The molecule has 0 aliphatic rings. The number of ether oxygens (including phenoxy) is 1. The molecule has 0 atom stereocenters. The van der Waals surface area contributed by atoms with E-state index in [2.05, 4.69) is 41.4 Å². The third kappa shape index (κ3) is 5.21. The number of aromatic nitrogens is 2. The molecule has 1 aromatic heterocycles. The largest absolute Gasteiger partial charge is 0.457 e. The molecule has 1 heterocycles. The van der Waals surface area contributed by atoms with Gasteiger partial charge in [0, 0.05) is 23.0 Å². The van der Waals surface area contributed by atoms with Crippen LogP contribution in [-0.4, -0.2) is 15.5 Å². The van der Waals surface area contributed by atoms with Crippen molar-refractivity contribution in [3.63, 3.8) is 0 Å². The minimum absolute atomic E-state index is 0.0957. The van der Waals surface area contributed by atoms with Crippen molar-refractivity contribution in [2.24, 2.45) is 0 Å². The number of aryl methyl sites for hydroxylation is 1. The predicted molar refractivity (Wildman–Crippen MR) is 106 cm³/mol. The number of nitrogens with zero attached hydrogens (tertiary/aromatic N) is 2. The van der Waals surface area contributed by atoms with Crippen LogP contribution in [0.3, 0.4) is 0 Å². The summed E-state index contributed by atoms with van der Waals surface area (Å²) in [6.45, 7) is 8.20. The lowest BCUT2D eigenvalue weighted by Crippen LogP contribution is -2.27. The maximum atomic E-state index is 5.81. The predicted octanol–water partition coefficient (Wildman–Crippen LogP) is 5.53. The lowest BCUT2D eigenvalue weighted by molar-refractivity contribution is 0.483. The van der Waals surface area contributed by atoms with Crippen molar-refractivity contribution in [2.45, 2.75) is 33.2 Å². The molecule has 0 saturated heterocycles. The molecule has 2 aromatic carbocycles. The van der Waals surface area contributed by atoms with Crippen molar-refractivity contribution in [1.82, 2.24) is 9.97 Å². The number of para-hydroxylation sites is 1. The van der Waals surface area contributed by atoms with Gasteiger partial charge in [-0.3, -0.25) is 0 Å². The Bertz CT molecular complexity index is 855. The quantitative estimate of drug-likeness (QED) is 0.635. The van der Waals surface area contributed by atoms with Crippen LogP contribution in [0, 0.1) is 6.92 Å². The lowest BCUT2D eigenvalue weighted by Gasteiger charge is -2.21. The van der Waals surface area contributed by atoms with Crippen LogP contribution in [0.2, 0.25) is 0 Å². The van der Waals surface area contributed by atoms with Gasteiger partial charge in [-0.15, -0.1) is 0 Å². The summed E-state index contributed by atoms with van der Waals surface area (Å²) in [6.07, 6.45) is 0. The van der Waals surface area contributed by atoms with E-state index in [4.69, 9.17) is 4.74 Å². The van der Waals surface area contributed by atoms with Crippen molar-refractivity contribution in [3.8, 4) is 11.5 Å². The molecule has 0 bridgehead atoms. The minimum atomic E-state index is -0.0957. The smallest absolute Gasteiger partial charge is 0.225 e. The maximum Gasteiger partial charge on any atom is 0.225 e. The van der Waals surface area contributed by atoms with Gasteiger partial charge in [-0.2, -0.15) is 4.98 Å². The summed E-state index contributed by atoms with van der Waals surface area (Å²) in [7, 11) is 0. The molecule has 0 amide bonds. The number of hydrogen-bond acceptors (Lipinski definition) is 5. The van der Waals surface area contributed by atoms with Gasteiger partial charge in [0.25, 0.3) is 0 Å². The van der Waals surface area contributed by atoms with Gasteiger partial charge in [0.15, 0.2) is 0 Å². The number of benzene rings is 2. The first-order valence-corrected chi connectivity index (χ1v) is 8.61. The van der Waals surface area contributed by atoms with Crippen LogP contribution >= 0.6 is 0 Å². The Morgan fingerprint density at radius 3 is 2.15 bits per heavy atom. The van der Waals surface area contributed by atoms with E-state index in [9.17, 15) is 0 Å². The van der Waals surface area contributed by atoms with E-state index in [1.807, 2.05) is 67.6 Å². The fourth-order valence-electron chi connectivity index (χ4n) is 2.40. The highest BCUT2D eigenvalue weighted by Gasteiger charge is 2.12. The summed E-state index contributed by atoms with van der Waals surface area (Å²) in [6, 6.07) is 19.4. The molecule has 0 aliphatic carbocycles. The maximum absolute atomic E-state index is 5.81. The Balaban J connectivity index is 1.71. The molecule has 0 saturated carbocycles. The summed E-state index contributed by atoms with van der Waals surface area (Å²) >= 11 is 0. The third-order valence-corrected chi connectivity index (χ3v) is 3.45. The normalized spacial score (nSPS) is 11.1. The van der Waals surface area contributed by atoms with E-state index in [1.54, 1.807) is 0 Å². The second kappa shape index (κ2) is 7.44. The SMILES string of the molecule is Cc1cc(Nc2ccc(Oc3ccccc3)cc2)nc(NC(C)(C)C)n1. The molecule has 5 nitrogen and oxygen atoms in total. The second-order valence-corrected chi connectivity index (χ2v) is 7.16. The Kier molecular flexibility index (Phi) is 5.07. The van der Waals surface area contributed by atoms with E-state index >= 15 is 0 Å². The highest BCUT2D eigenvalue weighted by molar-refractivity contribution is 5.58. The van der Waals surface area contributed by atoms with Gasteiger partial charge in [-0.1, -0.05) is 18.2 Å². The zero-order valence-corrected chi connectivity index (χ0v) is 15.6.